The van der Waals surface area contributed by atoms with E-state index in [9.17, 15) is 4.79 Å². The number of hydrogen-bond acceptors (Lipinski definition) is 5. The van der Waals surface area contributed by atoms with Crippen LogP contribution in [0.1, 0.15) is 37.0 Å². The molecule has 0 aliphatic rings. The van der Waals surface area contributed by atoms with Gasteiger partial charge in [0.1, 0.15) is 12.7 Å². The Kier molecular flexibility index (Phi) is 6.22. The molecule has 2 aromatic heterocycles. The number of carbonyl (C=O) groups is 1. The highest BCUT2D eigenvalue weighted by atomic mass is 16.3. The van der Waals surface area contributed by atoms with Crippen LogP contribution in [0.2, 0.25) is 0 Å². The highest BCUT2D eigenvalue weighted by molar-refractivity contribution is 5.93. The number of hydrogen-bond donors (Lipinski definition) is 2. The van der Waals surface area contributed by atoms with E-state index >= 15 is 0 Å². The average Bonchev–Trinajstić information content (AvgIpc) is 3.06. The fourth-order valence-corrected chi connectivity index (χ4v) is 2.47. The maximum atomic E-state index is 12.2. The van der Waals surface area contributed by atoms with E-state index in [4.69, 9.17) is 5.11 Å². The van der Waals surface area contributed by atoms with Crippen molar-refractivity contribution < 1.29 is 9.90 Å². The number of aliphatic hydroxyl groups excluding tert-OH is 1. The minimum Gasteiger partial charge on any atom is -0.396 e. The Balaban J connectivity index is 1.92. The second kappa shape index (κ2) is 8.38. The van der Waals surface area contributed by atoms with Gasteiger partial charge in [-0.3, -0.25) is 4.79 Å². The van der Waals surface area contributed by atoms with E-state index < -0.39 is 0 Å². The monoisotopic (exact) mass is 317 g/mol. The Labute approximate surface area is 135 Å². The van der Waals surface area contributed by atoms with Crippen molar-refractivity contribution in [3.8, 4) is 5.82 Å². The Morgan fingerprint density at radius 2 is 2.22 bits per heavy atom. The minimum atomic E-state index is -0.158. The summed E-state index contributed by atoms with van der Waals surface area (Å²) >= 11 is 0. The summed E-state index contributed by atoms with van der Waals surface area (Å²) in [4.78, 5) is 20.3. The summed E-state index contributed by atoms with van der Waals surface area (Å²) in [6.45, 7) is 4.97. The zero-order chi connectivity index (χ0) is 16.7. The Bertz CT molecular complexity index is 595. The number of pyridine rings is 1. The number of aromatic nitrogens is 4. The van der Waals surface area contributed by atoms with E-state index in [1.54, 1.807) is 18.5 Å². The van der Waals surface area contributed by atoms with Crippen LogP contribution in [0.5, 0.6) is 0 Å². The zero-order valence-electron chi connectivity index (χ0n) is 13.5. The van der Waals surface area contributed by atoms with E-state index in [2.05, 4.69) is 34.2 Å². The van der Waals surface area contributed by atoms with Crippen molar-refractivity contribution in [1.82, 2.24) is 25.1 Å². The van der Waals surface area contributed by atoms with Crippen LogP contribution in [0.3, 0.4) is 0 Å². The third-order valence-electron chi connectivity index (χ3n) is 3.56. The lowest BCUT2D eigenvalue weighted by Crippen LogP contribution is -2.30. The van der Waals surface area contributed by atoms with E-state index in [1.165, 1.54) is 17.2 Å². The van der Waals surface area contributed by atoms with Crippen LogP contribution in [0, 0.1) is 11.8 Å². The summed E-state index contributed by atoms with van der Waals surface area (Å²) in [7, 11) is 0. The first-order chi connectivity index (χ1) is 11.1. The summed E-state index contributed by atoms with van der Waals surface area (Å²) in [5, 5.41) is 16.0. The molecule has 0 aliphatic heterocycles. The molecule has 124 valence electrons. The molecule has 1 amide bonds. The molecule has 0 aliphatic carbocycles. The van der Waals surface area contributed by atoms with Gasteiger partial charge in [-0.15, -0.1) is 0 Å². The molecule has 2 N–H and O–H groups in total. The smallest absolute Gasteiger partial charge is 0.252 e. The van der Waals surface area contributed by atoms with Crippen LogP contribution in [-0.2, 0) is 0 Å². The van der Waals surface area contributed by atoms with Gasteiger partial charge < -0.3 is 10.4 Å². The van der Waals surface area contributed by atoms with E-state index in [-0.39, 0.29) is 18.4 Å². The molecule has 1 unspecified atom stereocenters. The first-order valence-corrected chi connectivity index (χ1v) is 7.80. The normalized spacial score (nSPS) is 12.3. The highest BCUT2D eigenvalue weighted by Crippen LogP contribution is 2.14. The Morgan fingerprint density at radius 1 is 1.39 bits per heavy atom. The summed E-state index contributed by atoms with van der Waals surface area (Å²) in [6, 6.07) is 3.44. The largest absolute Gasteiger partial charge is 0.396 e. The molecule has 0 fully saturated rings. The molecule has 2 aromatic rings. The number of nitrogens with zero attached hydrogens (tertiary/aromatic N) is 4. The van der Waals surface area contributed by atoms with Crippen LogP contribution in [0.25, 0.3) is 5.82 Å². The minimum absolute atomic E-state index is 0.140. The lowest BCUT2D eigenvalue weighted by molar-refractivity contribution is 0.0941. The number of nitrogens with one attached hydrogen (secondary N) is 1. The summed E-state index contributed by atoms with van der Waals surface area (Å²) in [6.07, 6.45) is 6.17. The molecular weight excluding hydrogens is 294 g/mol. The third kappa shape index (κ3) is 5.14. The molecular formula is C16H23N5O2. The second-order valence-corrected chi connectivity index (χ2v) is 5.96. The van der Waals surface area contributed by atoms with Crippen LogP contribution in [-0.4, -0.2) is 43.9 Å². The zero-order valence-corrected chi connectivity index (χ0v) is 13.5. The molecule has 0 bridgehead atoms. The molecule has 7 nitrogen and oxygen atoms in total. The molecule has 23 heavy (non-hydrogen) atoms. The van der Waals surface area contributed by atoms with E-state index in [1.807, 2.05) is 0 Å². The molecule has 0 radical (unpaired) electrons. The number of carbonyl (C=O) groups excluding carboxylic acids is 1. The van der Waals surface area contributed by atoms with Gasteiger partial charge >= 0.3 is 0 Å². The molecule has 2 heterocycles. The van der Waals surface area contributed by atoms with Gasteiger partial charge in [0.15, 0.2) is 5.82 Å². The van der Waals surface area contributed by atoms with Gasteiger partial charge in [0.05, 0.1) is 5.56 Å². The van der Waals surface area contributed by atoms with E-state index in [0.29, 0.717) is 30.3 Å². The van der Waals surface area contributed by atoms with Crippen LogP contribution >= 0.6 is 0 Å². The van der Waals surface area contributed by atoms with Crippen molar-refractivity contribution in [3.63, 3.8) is 0 Å². The van der Waals surface area contributed by atoms with Gasteiger partial charge in [-0.25, -0.2) is 14.6 Å². The second-order valence-electron chi connectivity index (χ2n) is 5.96. The highest BCUT2D eigenvalue weighted by Gasteiger charge is 2.13. The van der Waals surface area contributed by atoms with Crippen molar-refractivity contribution in [2.75, 3.05) is 13.2 Å². The summed E-state index contributed by atoms with van der Waals surface area (Å²) in [5.74, 6) is 1.27. The topological polar surface area (TPSA) is 92.9 Å². The predicted octanol–water partition coefficient (Wildman–Crippen LogP) is 1.44. The molecule has 0 aromatic carbocycles. The van der Waals surface area contributed by atoms with Gasteiger partial charge in [-0.1, -0.05) is 13.8 Å². The molecule has 0 spiro atoms. The number of rotatable bonds is 8. The van der Waals surface area contributed by atoms with Crippen molar-refractivity contribution in [2.45, 2.75) is 26.7 Å². The van der Waals surface area contributed by atoms with Gasteiger partial charge in [0, 0.05) is 19.3 Å². The number of amides is 1. The quantitative estimate of drug-likeness (QED) is 0.768. The van der Waals surface area contributed by atoms with Gasteiger partial charge in [-0.2, -0.15) is 5.10 Å². The Morgan fingerprint density at radius 3 is 2.78 bits per heavy atom. The van der Waals surface area contributed by atoms with Crippen LogP contribution < -0.4 is 5.32 Å². The standard InChI is InChI=1S/C16H23N5O2/c1-12(2)7-13(5-6-22)8-19-16(23)14-3-4-15(18-9-14)21-11-17-10-20-21/h3-4,9-13,22H,5-8H2,1-2H3,(H,19,23). The van der Waals surface area contributed by atoms with Gasteiger partial charge in [0.2, 0.25) is 0 Å². The molecule has 2 rings (SSSR count). The number of aliphatic hydroxyl groups is 1. The van der Waals surface area contributed by atoms with E-state index in [0.717, 1.165) is 6.42 Å². The van der Waals surface area contributed by atoms with Crippen molar-refractivity contribution in [1.29, 1.82) is 0 Å². The summed E-state index contributed by atoms with van der Waals surface area (Å²) < 4.78 is 1.53. The van der Waals surface area contributed by atoms with Crippen molar-refractivity contribution in [2.24, 2.45) is 11.8 Å². The lowest BCUT2D eigenvalue weighted by Gasteiger charge is -2.18. The predicted molar refractivity (Wildman–Crippen MR) is 86.1 cm³/mol. The maximum absolute atomic E-state index is 12.2. The molecule has 7 heteroatoms. The fourth-order valence-electron chi connectivity index (χ4n) is 2.47. The fraction of sp³-hybridized carbons (Fsp3) is 0.500. The van der Waals surface area contributed by atoms with Crippen LogP contribution in [0.4, 0.5) is 0 Å². The van der Waals surface area contributed by atoms with Crippen molar-refractivity contribution in [3.05, 3.63) is 36.5 Å². The molecule has 0 saturated carbocycles. The SMILES string of the molecule is CC(C)CC(CCO)CNC(=O)c1ccc(-n2cncn2)nc1. The van der Waals surface area contributed by atoms with Crippen molar-refractivity contribution >= 4 is 5.91 Å². The first-order valence-electron chi connectivity index (χ1n) is 7.80. The lowest BCUT2D eigenvalue weighted by atomic mass is 9.94. The maximum Gasteiger partial charge on any atom is 0.252 e. The first kappa shape index (κ1) is 17.1. The molecule has 1 atom stereocenters. The molecule has 0 saturated heterocycles. The average molecular weight is 317 g/mol. The van der Waals surface area contributed by atoms with Gasteiger partial charge in [0.25, 0.3) is 5.91 Å². The third-order valence-corrected chi connectivity index (χ3v) is 3.56. The summed E-state index contributed by atoms with van der Waals surface area (Å²) in [5.41, 5.74) is 0.501. The van der Waals surface area contributed by atoms with Gasteiger partial charge in [-0.05, 0) is 36.8 Å². The van der Waals surface area contributed by atoms with Crippen LogP contribution in [0.15, 0.2) is 31.0 Å². The Hall–Kier alpha value is -2.28.